The molecule has 3 atom stereocenters. The van der Waals surface area contributed by atoms with Crippen LogP contribution >= 0.6 is 0 Å². The van der Waals surface area contributed by atoms with Crippen LogP contribution in [0.4, 0.5) is 0 Å². The Kier molecular flexibility index (Phi) is 9.14. The first-order valence-electron chi connectivity index (χ1n) is 15.2. The van der Waals surface area contributed by atoms with Gasteiger partial charge in [-0.3, -0.25) is 19.3 Å². The van der Waals surface area contributed by atoms with Gasteiger partial charge in [-0.2, -0.15) is 0 Å². The average Bonchev–Trinajstić information content (AvgIpc) is 3.25. The van der Waals surface area contributed by atoms with E-state index < -0.39 is 17.0 Å². The minimum Gasteiger partial charge on any atom is -0.465 e. The maximum Gasteiger partial charge on any atom is 0.310 e. The van der Waals surface area contributed by atoms with Gasteiger partial charge in [0.05, 0.1) is 23.7 Å². The van der Waals surface area contributed by atoms with Gasteiger partial charge in [-0.15, -0.1) is 0 Å². The van der Waals surface area contributed by atoms with Crippen molar-refractivity contribution in [2.24, 2.45) is 23.7 Å². The highest BCUT2D eigenvalue weighted by molar-refractivity contribution is 5.76. The summed E-state index contributed by atoms with van der Waals surface area (Å²) in [5, 5.41) is 7.03. The van der Waals surface area contributed by atoms with Crippen LogP contribution in [0.15, 0.2) is 0 Å². The Hall–Kier alpha value is -1.71. The molecule has 3 saturated heterocycles. The van der Waals surface area contributed by atoms with Crippen LogP contribution < -0.4 is 10.6 Å². The molecule has 3 fully saturated rings. The first-order valence-corrected chi connectivity index (χ1v) is 15.2. The second kappa shape index (κ2) is 11.1. The molecule has 0 spiro atoms. The zero-order valence-electron chi connectivity index (χ0n) is 27.9. The van der Waals surface area contributed by atoms with Crippen LogP contribution in [0.5, 0.6) is 0 Å². The lowest BCUT2D eigenvalue weighted by atomic mass is 9.87. The topological polar surface area (TPSA) is 106 Å². The summed E-state index contributed by atoms with van der Waals surface area (Å²) >= 11 is 0. The number of hydrogen-bond donors (Lipinski definition) is 2. The van der Waals surface area contributed by atoms with E-state index in [2.05, 4.69) is 70.9 Å². The lowest BCUT2D eigenvalue weighted by Crippen LogP contribution is -2.48. The minimum atomic E-state index is -0.474. The summed E-state index contributed by atoms with van der Waals surface area (Å²) < 4.78 is 17.5. The second-order valence-corrected chi connectivity index (χ2v) is 16.5. The number of rotatable bonds is 9. The quantitative estimate of drug-likeness (QED) is 0.309. The molecule has 0 aromatic carbocycles. The monoisotopic (exact) mass is 579 g/mol. The van der Waals surface area contributed by atoms with E-state index in [1.165, 1.54) is 0 Å². The van der Waals surface area contributed by atoms with Crippen molar-refractivity contribution in [1.29, 1.82) is 0 Å². The van der Waals surface area contributed by atoms with Crippen molar-refractivity contribution in [2.45, 2.75) is 136 Å². The highest BCUT2D eigenvalue weighted by Crippen LogP contribution is 2.44. The van der Waals surface area contributed by atoms with Gasteiger partial charge in [-0.1, -0.05) is 0 Å². The molecular weight excluding hydrogens is 522 g/mol. The van der Waals surface area contributed by atoms with Crippen LogP contribution in [0, 0.1) is 23.7 Å². The van der Waals surface area contributed by atoms with Crippen LogP contribution in [-0.2, 0) is 28.6 Å². The molecule has 3 heterocycles. The number of nitrogens with one attached hydrogen (secondary N) is 2. The SMILES string of the molecule is CN1C(C)(C)CC(C(=O)OCC(COC(=O)C2CC(C)(C)NC2(C)C)COC(=O)C2CC(C)(C)NC2(C)C)C1(C)C. The van der Waals surface area contributed by atoms with Gasteiger partial charge in [0, 0.05) is 33.2 Å². The molecule has 9 heteroatoms. The fourth-order valence-corrected chi connectivity index (χ4v) is 7.63. The first-order chi connectivity index (χ1) is 18.4. The van der Waals surface area contributed by atoms with Crippen LogP contribution in [0.25, 0.3) is 0 Å². The number of esters is 3. The number of carbonyl (C=O) groups is 3. The molecule has 3 rings (SSSR count). The van der Waals surface area contributed by atoms with Crippen molar-refractivity contribution in [3.8, 4) is 0 Å². The Bertz CT molecular complexity index is 963. The van der Waals surface area contributed by atoms with E-state index in [-0.39, 0.29) is 77.6 Å². The van der Waals surface area contributed by atoms with Crippen molar-refractivity contribution >= 4 is 17.9 Å². The van der Waals surface area contributed by atoms with Crippen LogP contribution in [0.1, 0.15) is 102 Å². The van der Waals surface area contributed by atoms with Gasteiger partial charge in [0.25, 0.3) is 0 Å². The molecule has 9 nitrogen and oxygen atoms in total. The molecule has 0 bridgehead atoms. The van der Waals surface area contributed by atoms with Gasteiger partial charge in [-0.25, -0.2) is 0 Å². The molecule has 0 aromatic heterocycles. The fourth-order valence-electron chi connectivity index (χ4n) is 7.63. The van der Waals surface area contributed by atoms with Crippen LogP contribution in [0.2, 0.25) is 0 Å². The standard InChI is InChI=1S/C32H57N3O6/c1-27(2)14-21(30(7,8)33-27)24(36)39-17-20(18-40-25(37)22-15-28(3,4)34-31(22,9)10)19-41-26(38)23-16-29(5,6)35(13)32(23,11)12/h20-23,33-34H,14-19H2,1-13H3. The van der Waals surface area contributed by atoms with Crippen molar-refractivity contribution in [3.63, 3.8) is 0 Å². The summed E-state index contributed by atoms with van der Waals surface area (Å²) in [6, 6.07) is 0. The molecule has 0 aromatic rings. The lowest BCUT2D eigenvalue weighted by molar-refractivity contribution is -0.160. The zero-order valence-corrected chi connectivity index (χ0v) is 27.9. The molecule has 2 N–H and O–H groups in total. The summed E-state index contributed by atoms with van der Waals surface area (Å²) in [6.45, 7) is 24.7. The van der Waals surface area contributed by atoms with E-state index in [4.69, 9.17) is 14.2 Å². The molecule has 41 heavy (non-hydrogen) atoms. The molecule has 0 saturated carbocycles. The highest BCUT2D eigenvalue weighted by Gasteiger charge is 2.53. The largest absolute Gasteiger partial charge is 0.465 e. The summed E-state index contributed by atoms with van der Waals surface area (Å²) in [5.74, 6) is -2.26. The number of hydrogen-bond acceptors (Lipinski definition) is 9. The van der Waals surface area contributed by atoms with Gasteiger partial charge >= 0.3 is 17.9 Å². The van der Waals surface area contributed by atoms with E-state index in [0.29, 0.717) is 19.3 Å². The van der Waals surface area contributed by atoms with E-state index in [9.17, 15) is 14.4 Å². The van der Waals surface area contributed by atoms with E-state index in [0.717, 1.165) is 0 Å². The highest BCUT2D eigenvalue weighted by atomic mass is 16.6. The predicted molar refractivity (Wildman–Crippen MR) is 159 cm³/mol. The predicted octanol–water partition coefficient (Wildman–Crippen LogP) is 4.07. The van der Waals surface area contributed by atoms with Crippen molar-refractivity contribution in [3.05, 3.63) is 0 Å². The van der Waals surface area contributed by atoms with Crippen LogP contribution in [0.3, 0.4) is 0 Å². The Morgan fingerprint density at radius 2 is 0.976 bits per heavy atom. The molecule has 3 aliphatic heterocycles. The van der Waals surface area contributed by atoms with E-state index in [1.54, 1.807) is 0 Å². The minimum absolute atomic E-state index is 0.00363. The smallest absolute Gasteiger partial charge is 0.310 e. The lowest BCUT2D eigenvalue weighted by Gasteiger charge is -2.37. The Morgan fingerprint density at radius 3 is 1.24 bits per heavy atom. The summed E-state index contributed by atoms with van der Waals surface area (Å²) in [5.41, 5.74) is -1.67. The van der Waals surface area contributed by atoms with Crippen molar-refractivity contribution in [1.82, 2.24) is 15.5 Å². The third-order valence-electron chi connectivity index (χ3n) is 10.1. The van der Waals surface area contributed by atoms with Crippen LogP contribution in [-0.4, -0.2) is 82.9 Å². The second-order valence-electron chi connectivity index (χ2n) is 16.5. The maximum atomic E-state index is 13.3. The fraction of sp³-hybridized carbons (Fsp3) is 0.906. The van der Waals surface area contributed by atoms with Gasteiger partial charge < -0.3 is 24.8 Å². The molecule has 3 unspecified atom stereocenters. The molecule has 3 aliphatic rings. The van der Waals surface area contributed by atoms with Crippen molar-refractivity contribution in [2.75, 3.05) is 26.9 Å². The average molecular weight is 580 g/mol. The van der Waals surface area contributed by atoms with E-state index >= 15 is 0 Å². The number of ether oxygens (including phenoxy) is 3. The van der Waals surface area contributed by atoms with Gasteiger partial charge in [0.15, 0.2) is 0 Å². The van der Waals surface area contributed by atoms with Gasteiger partial charge in [-0.05, 0) is 109 Å². The molecule has 0 aliphatic carbocycles. The Balaban J connectivity index is 1.68. The maximum absolute atomic E-state index is 13.3. The van der Waals surface area contributed by atoms with E-state index in [1.807, 2.05) is 34.7 Å². The number of likely N-dealkylation sites (tertiary alicyclic amines) is 1. The Labute approximate surface area is 248 Å². The normalized spacial score (nSPS) is 31.4. The third-order valence-corrected chi connectivity index (χ3v) is 10.1. The molecule has 236 valence electrons. The zero-order chi connectivity index (χ0) is 31.4. The van der Waals surface area contributed by atoms with Crippen molar-refractivity contribution < 1.29 is 28.6 Å². The number of carbonyl (C=O) groups excluding carboxylic acids is 3. The molecule has 0 radical (unpaired) electrons. The molecular formula is C32H57N3O6. The summed E-state index contributed by atoms with van der Waals surface area (Å²) in [4.78, 5) is 42.0. The summed E-state index contributed by atoms with van der Waals surface area (Å²) in [7, 11) is 2.04. The number of nitrogens with zero attached hydrogens (tertiary/aromatic N) is 1. The first kappa shape index (κ1) is 33.8. The summed E-state index contributed by atoms with van der Waals surface area (Å²) in [6.07, 6.45) is 2.00. The van der Waals surface area contributed by atoms with Gasteiger partial charge in [0.1, 0.15) is 19.8 Å². The third kappa shape index (κ3) is 7.45. The molecule has 0 amide bonds. The Morgan fingerprint density at radius 1 is 0.634 bits per heavy atom. The van der Waals surface area contributed by atoms with Gasteiger partial charge in [0.2, 0.25) is 0 Å².